The van der Waals surface area contributed by atoms with E-state index < -0.39 is 0 Å². The Morgan fingerprint density at radius 3 is 2.80 bits per heavy atom. The minimum Gasteiger partial charge on any atom is -0.233 e. The van der Waals surface area contributed by atoms with E-state index in [1.807, 2.05) is 13.8 Å². The second-order valence-electron chi connectivity index (χ2n) is 4.23. The Morgan fingerprint density at radius 2 is 2.13 bits per heavy atom. The normalized spacial score (nSPS) is 16.2. The van der Waals surface area contributed by atoms with Gasteiger partial charge in [-0.05, 0) is 26.7 Å². The van der Waals surface area contributed by atoms with Crippen LogP contribution < -0.4 is 0 Å². The molecule has 4 heteroatoms. The summed E-state index contributed by atoms with van der Waals surface area (Å²) >= 11 is 6.23. The Hall–Kier alpha value is -1.09. The average Bonchev–Trinajstić information content (AvgIpc) is 2.97. The van der Waals surface area contributed by atoms with Gasteiger partial charge in [0.25, 0.3) is 0 Å². The Balaban J connectivity index is 2.29. The maximum Gasteiger partial charge on any atom is 0.157 e. The fraction of sp³-hybridized carbons (Fsp3) is 0.455. The van der Waals surface area contributed by atoms with E-state index in [2.05, 4.69) is 16.1 Å². The third-order valence-electron chi connectivity index (χ3n) is 3.03. The molecule has 2 heterocycles. The number of aryl methyl sites for hydroxylation is 1. The van der Waals surface area contributed by atoms with Crippen molar-refractivity contribution in [1.82, 2.24) is 14.6 Å². The van der Waals surface area contributed by atoms with Crippen molar-refractivity contribution in [2.75, 3.05) is 0 Å². The van der Waals surface area contributed by atoms with Gasteiger partial charge in [-0.3, -0.25) is 0 Å². The lowest BCUT2D eigenvalue weighted by Crippen LogP contribution is -1.98. The van der Waals surface area contributed by atoms with Gasteiger partial charge in [0.2, 0.25) is 0 Å². The quantitative estimate of drug-likeness (QED) is 0.694. The molecule has 0 bridgehead atoms. The zero-order valence-corrected chi connectivity index (χ0v) is 9.54. The maximum atomic E-state index is 6.23. The number of fused-ring (bicyclic) bond motifs is 1. The van der Waals surface area contributed by atoms with Gasteiger partial charge < -0.3 is 0 Å². The van der Waals surface area contributed by atoms with Crippen LogP contribution in [0.5, 0.6) is 0 Å². The van der Waals surface area contributed by atoms with Crippen LogP contribution in [0.25, 0.3) is 5.65 Å². The van der Waals surface area contributed by atoms with Crippen molar-refractivity contribution in [1.29, 1.82) is 0 Å². The van der Waals surface area contributed by atoms with Crippen LogP contribution in [-0.4, -0.2) is 14.6 Å². The molecule has 1 saturated carbocycles. The highest BCUT2D eigenvalue weighted by atomic mass is 35.5. The van der Waals surface area contributed by atoms with Crippen LogP contribution in [0.1, 0.15) is 35.7 Å². The molecule has 2 aromatic rings. The largest absolute Gasteiger partial charge is 0.233 e. The van der Waals surface area contributed by atoms with Gasteiger partial charge in [-0.2, -0.15) is 5.10 Å². The lowest BCUT2D eigenvalue weighted by Gasteiger charge is -2.03. The number of nitrogens with zero attached hydrogens (tertiary/aromatic N) is 3. The number of halogens is 1. The van der Waals surface area contributed by atoms with Gasteiger partial charge in [0.1, 0.15) is 5.15 Å². The highest BCUT2D eigenvalue weighted by Gasteiger charge is 2.27. The molecule has 0 spiro atoms. The van der Waals surface area contributed by atoms with Crippen molar-refractivity contribution in [3.05, 3.63) is 28.2 Å². The molecule has 2 aromatic heterocycles. The van der Waals surface area contributed by atoms with Crippen LogP contribution >= 0.6 is 11.6 Å². The van der Waals surface area contributed by atoms with E-state index in [1.165, 1.54) is 12.8 Å². The number of rotatable bonds is 1. The summed E-state index contributed by atoms with van der Waals surface area (Å²) in [5.74, 6) is 0.642. The van der Waals surface area contributed by atoms with E-state index in [0.29, 0.717) is 11.1 Å². The van der Waals surface area contributed by atoms with Crippen molar-refractivity contribution >= 4 is 17.2 Å². The molecule has 3 nitrogen and oxygen atoms in total. The predicted molar refractivity (Wildman–Crippen MR) is 59.4 cm³/mol. The lowest BCUT2D eigenvalue weighted by molar-refractivity contribution is 0.869. The first kappa shape index (κ1) is 9.16. The molecule has 0 atom stereocenters. The van der Waals surface area contributed by atoms with Crippen LogP contribution in [0.2, 0.25) is 5.15 Å². The van der Waals surface area contributed by atoms with Gasteiger partial charge in [0.15, 0.2) is 5.65 Å². The third-order valence-corrected chi connectivity index (χ3v) is 3.47. The third kappa shape index (κ3) is 1.34. The molecule has 0 aliphatic heterocycles. The topological polar surface area (TPSA) is 30.2 Å². The summed E-state index contributed by atoms with van der Waals surface area (Å²) in [5.41, 5.74) is 3.99. The molecule has 1 fully saturated rings. The highest BCUT2D eigenvalue weighted by Crippen LogP contribution is 2.39. The molecular weight excluding hydrogens is 210 g/mol. The van der Waals surface area contributed by atoms with Gasteiger partial charge in [-0.1, -0.05) is 11.6 Å². The van der Waals surface area contributed by atoms with E-state index in [1.54, 1.807) is 4.52 Å². The molecular formula is C11H12ClN3. The van der Waals surface area contributed by atoms with Crippen molar-refractivity contribution in [3.8, 4) is 0 Å². The molecule has 1 aliphatic rings. The van der Waals surface area contributed by atoms with Gasteiger partial charge >= 0.3 is 0 Å². The number of hydrogen-bond donors (Lipinski definition) is 0. The van der Waals surface area contributed by atoms with Crippen molar-refractivity contribution in [2.45, 2.75) is 32.6 Å². The van der Waals surface area contributed by atoms with Gasteiger partial charge in [-0.15, -0.1) is 0 Å². The zero-order valence-electron chi connectivity index (χ0n) is 8.79. The van der Waals surface area contributed by atoms with Crippen molar-refractivity contribution in [2.24, 2.45) is 0 Å². The molecule has 0 radical (unpaired) electrons. The smallest absolute Gasteiger partial charge is 0.157 e. The summed E-state index contributed by atoms with van der Waals surface area (Å²) in [5, 5.41) is 5.18. The van der Waals surface area contributed by atoms with Crippen molar-refractivity contribution < 1.29 is 0 Å². The monoisotopic (exact) mass is 221 g/mol. The molecule has 0 N–H and O–H groups in total. The highest BCUT2D eigenvalue weighted by molar-refractivity contribution is 6.30. The Kier molecular flexibility index (Phi) is 1.80. The standard InChI is InChI=1S/C11H12ClN3/c1-6-7(2)13-10-5-9(8-3-4-8)14-15(10)11(6)12/h5,8H,3-4H2,1-2H3. The molecule has 15 heavy (non-hydrogen) atoms. The minimum atomic E-state index is 0.642. The molecule has 0 unspecified atom stereocenters. The first-order valence-electron chi connectivity index (χ1n) is 5.19. The number of hydrogen-bond acceptors (Lipinski definition) is 2. The van der Waals surface area contributed by atoms with Gasteiger partial charge in [0, 0.05) is 23.2 Å². The zero-order chi connectivity index (χ0) is 10.6. The Labute approximate surface area is 93.1 Å². The molecule has 0 aromatic carbocycles. The van der Waals surface area contributed by atoms with Crippen LogP contribution in [-0.2, 0) is 0 Å². The fourth-order valence-corrected chi connectivity index (χ4v) is 2.02. The van der Waals surface area contributed by atoms with Gasteiger partial charge in [0.05, 0.1) is 5.69 Å². The fourth-order valence-electron chi connectivity index (χ4n) is 1.76. The summed E-state index contributed by atoms with van der Waals surface area (Å²) in [6.07, 6.45) is 2.50. The van der Waals surface area contributed by atoms with E-state index in [4.69, 9.17) is 11.6 Å². The molecule has 78 valence electrons. The van der Waals surface area contributed by atoms with Crippen LogP contribution in [0.15, 0.2) is 6.07 Å². The number of aromatic nitrogens is 3. The van der Waals surface area contributed by atoms with Crippen molar-refractivity contribution in [3.63, 3.8) is 0 Å². The average molecular weight is 222 g/mol. The Bertz CT molecular complexity index is 540. The lowest BCUT2D eigenvalue weighted by atomic mass is 10.3. The van der Waals surface area contributed by atoms with E-state index in [9.17, 15) is 0 Å². The van der Waals surface area contributed by atoms with Crippen LogP contribution in [0, 0.1) is 13.8 Å². The molecule has 3 rings (SSSR count). The second kappa shape index (κ2) is 2.95. The summed E-state index contributed by atoms with van der Waals surface area (Å²) in [7, 11) is 0. The Morgan fingerprint density at radius 1 is 1.40 bits per heavy atom. The van der Waals surface area contributed by atoms with E-state index >= 15 is 0 Å². The first-order chi connectivity index (χ1) is 7.16. The van der Waals surface area contributed by atoms with Crippen LogP contribution in [0.4, 0.5) is 0 Å². The van der Waals surface area contributed by atoms with E-state index in [-0.39, 0.29) is 0 Å². The first-order valence-corrected chi connectivity index (χ1v) is 5.57. The maximum absolute atomic E-state index is 6.23. The SMILES string of the molecule is Cc1nc2cc(C3CC3)nn2c(Cl)c1C. The van der Waals surface area contributed by atoms with E-state index in [0.717, 1.165) is 22.6 Å². The summed E-state index contributed by atoms with van der Waals surface area (Å²) in [6, 6.07) is 2.05. The molecule has 0 amide bonds. The van der Waals surface area contributed by atoms with Gasteiger partial charge in [-0.25, -0.2) is 9.50 Å². The summed E-state index contributed by atoms with van der Waals surface area (Å²) in [4.78, 5) is 4.48. The minimum absolute atomic E-state index is 0.642. The molecule has 1 aliphatic carbocycles. The summed E-state index contributed by atoms with van der Waals surface area (Å²) < 4.78 is 1.75. The predicted octanol–water partition coefficient (Wildman–Crippen LogP) is 2.88. The second-order valence-corrected chi connectivity index (χ2v) is 4.58. The summed E-state index contributed by atoms with van der Waals surface area (Å²) in [6.45, 7) is 3.95. The van der Waals surface area contributed by atoms with Crippen LogP contribution in [0.3, 0.4) is 0 Å². The molecule has 0 saturated heterocycles.